The van der Waals surface area contributed by atoms with Crippen molar-refractivity contribution < 1.29 is 23.9 Å². The number of hydrogen-bond donors (Lipinski definition) is 2. The first-order valence-corrected chi connectivity index (χ1v) is 9.80. The van der Waals surface area contributed by atoms with Crippen LogP contribution in [0.5, 0.6) is 11.5 Å². The van der Waals surface area contributed by atoms with Gasteiger partial charge in [-0.2, -0.15) is 0 Å². The van der Waals surface area contributed by atoms with Crippen LogP contribution in [0.2, 0.25) is 0 Å². The zero-order chi connectivity index (χ0) is 20.9. The summed E-state index contributed by atoms with van der Waals surface area (Å²) in [6, 6.07) is 3.29. The number of halogens is 1. The van der Waals surface area contributed by atoms with Gasteiger partial charge in [0, 0.05) is 24.0 Å². The minimum absolute atomic E-state index is 0.122. The molecule has 0 bridgehead atoms. The van der Waals surface area contributed by atoms with E-state index in [1.54, 1.807) is 28.1 Å². The van der Waals surface area contributed by atoms with Crippen LogP contribution in [0.1, 0.15) is 32.3 Å². The molecule has 2 rings (SSSR count). The van der Waals surface area contributed by atoms with Gasteiger partial charge in [0.2, 0.25) is 5.91 Å². The lowest BCUT2D eigenvalue weighted by Gasteiger charge is -2.15. The molecule has 1 aromatic carbocycles. The number of imide groups is 1. The Kier molecular flexibility index (Phi) is 7.29. The van der Waals surface area contributed by atoms with E-state index in [-0.39, 0.29) is 24.8 Å². The van der Waals surface area contributed by atoms with Crippen LogP contribution in [0.25, 0.3) is 0 Å². The molecule has 0 radical (unpaired) electrons. The summed E-state index contributed by atoms with van der Waals surface area (Å²) in [5, 5.41) is 5.47. The lowest BCUT2D eigenvalue weighted by atomic mass is 10.1. The van der Waals surface area contributed by atoms with Gasteiger partial charge in [0.05, 0.1) is 14.2 Å². The lowest BCUT2D eigenvalue weighted by Crippen LogP contribution is -2.40. The Balaban J connectivity index is 1.76. The number of carbonyl (C=O) groups is 3. The minimum atomic E-state index is -0.883. The Morgan fingerprint density at radius 1 is 1.21 bits per heavy atom. The fourth-order valence-corrected chi connectivity index (χ4v) is 3.45. The number of amides is 4. The van der Waals surface area contributed by atoms with E-state index in [0.717, 1.165) is 14.9 Å². The molecule has 1 heterocycles. The van der Waals surface area contributed by atoms with Gasteiger partial charge >= 0.3 is 6.03 Å². The number of ether oxygens (including phenoxy) is 2. The fourth-order valence-electron chi connectivity index (χ4n) is 2.93. The van der Waals surface area contributed by atoms with Crippen molar-refractivity contribution >= 4 is 33.8 Å². The highest BCUT2D eigenvalue weighted by molar-refractivity contribution is 9.10. The molecule has 1 saturated heterocycles. The number of carbonyl (C=O) groups excluding carboxylic acids is 3. The second-order valence-corrected chi connectivity index (χ2v) is 7.87. The van der Waals surface area contributed by atoms with E-state index >= 15 is 0 Å². The summed E-state index contributed by atoms with van der Waals surface area (Å²) in [4.78, 5) is 37.1. The van der Waals surface area contributed by atoms with Crippen molar-refractivity contribution in [3.8, 4) is 11.5 Å². The Labute approximate surface area is 173 Å². The molecule has 1 fully saturated rings. The smallest absolute Gasteiger partial charge is 0.325 e. The first-order chi connectivity index (χ1) is 13.2. The van der Waals surface area contributed by atoms with Crippen molar-refractivity contribution in [2.45, 2.75) is 38.6 Å². The number of hydrogen-bond acceptors (Lipinski definition) is 5. The number of benzene rings is 1. The molecule has 28 heavy (non-hydrogen) atoms. The van der Waals surface area contributed by atoms with Crippen molar-refractivity contribution in [1.29, 1.82) is 0 Å². The monoisotopic (exact) mass is 455 g/mol. The Morgan fingerprint density at radius 2 is 1.86 bits per heavy atom. The van der Waals surface area contributed by atoms with Crippen LogP contribution in [0.4, 0.5) is 4.79 Å². The Morgan fingerprint density at radius 3 is 2.43 bits per heavy atom. The van der Waals surface area contributed by atoms with Gasteiger partial charge in [0.15, 0.2) is 11.5 Å². The van der Waals surface area contributed by atoms with E-state index in [9.17, 15) is 14.4 Å². The van der Waals surface area contributed by atoms with Gasteiger partial charge in [-0.15, -0.1) is 0 Å². The maximum absolute atomic E-state index is 12.1. The summed E-state index contributed by atoms with van der Waals surface area (Å²) in [6.07, 6.45) is 1.28. The highest BCUT2D eigenvalue weighted by Gasteiger charge is 2.43. The average Bonchev–Trinajstić information content (AvgIpc) is 2.84. The minimum Gasteiger partial charge on any atom is -0.493 e. The average molecular weight is 456 g/mol. The van der Waals surface area contributed by atoms with Crippen molar-refractivity contribution in [3.63, 3.8) is 0 Å². The lowest BCUT2D eigenvalue weighted by molar-refractivity contribution is -0.130. The first kappa shape index (κ1) is 22.0. The molecule has 9 heteroatoms. The van der Waals surface area contributed by atoms with E-state index in [1.165, 1.54) is 0 Å². The summed E-state index contributed by atoms with van der Waals surface area (Å²) < 4.78 is 11.4. The van der Waals surface area contributed by atoms with Crippen molar-refractivity contribution in [2.24, 2.45) is 0 Å². The second-order valence-electron chi connectivity index (χ2n) is 7.01. The highest BCUT2D eigenvalue weighted by atomic mass is 79.9. The predicted molar refractivity (Wildman–Crippen MR) is 108 cm³/mol. The van der Waals surface area contributed by atoms with Crippen LogP contribution in [0, 0.1) is 0 Å². The fraction of sp³-hybridized carbons (Fsp3) is 0.526. The third-order valence-corrected chi connectivity index (χ3v) is 5.24. The van der Waals surface area contributed by atoms with Gasteiger partial charge in [-0.1, -0.05) is 15.9 Å². The third kappa shape index (κ3) is 5.15. The summed E-state index contributed by atoms with van der Waals surface area (Å²) in [7, 11) is 3.15. The summed E-state index contributed by atoms with van der Waals surface area (Å²) in [5.41, 5.74) is 0.103. The topological polar surface area (TPSA) is 97.0 Å². The number of urea groups is 1. The van der Waals surface area contributed by atoms with E-state index in [0.29, 0.717) is 30.9 Å². The molecule has 1 aliphatic rings. The predicted octanol–water partition coefficient (Wildman–Crippen LogP) is 2.24. The molecule has 0 saturated carbocycles. The quantitative estimate of drug-likeness (QED) is 0.556. The molecular weight excluding hydrogens is 430 g/mol. The van der Waals surface area contributed by atoms with Gasteiger partial charge in [-0.05, 0) is 44.4 Å². The molecule has 0 spiro atoms. The number of rotatable bonds is 9. The molecule has 0 atom stereocenters. The van der Waals surface area contributed by atoms with E-state index in [1.807, 2.05) is 12.1 Å². The standard InChI is InChI=1S/C19H26BrN3O5/c1-19(2)17(25)23(18(26)22-19)9-5-6-16(24)21-8-7-12-10-14(27-3)15(28-4)11-13(12)20/h10-11H,5-9H2,1-4H3,(H,21,24)(H,22,26). The molecule has 1 aliphatic heterocycles. The molecule has 4 amide bonds. The zero-order valence-corrected chi connectivity index (χ0v) is 18.1. The van der Waals surface area contributed by atoms with Crippen LogP contribution < -0.4 is 20.1 Å². The van der Waals surface area contributed by atoms with Gasteiger partial charge < -0.3 is 20.1 Å². The summed E-state index contributed by atoms with van der Waals surface area (Å²) >= 11 is 3.49. The number of nitrogens with zero attached hydrogens (tertiary/aromatic N) is 1. The Bertz CT molecular complexity index is 766. The van der Waals surface area contributed by atoms with Gasteiger partial charge in [0.1, 0.15) is 5.54 Å². The molecule has 2 N–H and O–H groups in total. The van der Waals surface area contributed by atoms with Crippen LogP contribution in [-0.4, -0.2) is 55.6 Å². The third-order valence-electron chi connectivity index (χ3n) is 4.50. The molecule has 154 valence electrons. The van der Waals surface area contributed by atoms with E-state index in [2.05, 4.69) is 26.6 Å². The SMILES string of the molecule is COc1cc(Br)c(CCNC(=O)CCCN2C(=O)NC(C)(C)C2=O)cc1OC. The largest absolute Gasteiger partial charge is 0.493 e. The summed E-state index contributed by atoms with van der Waals surface area (Å²) in [5.74, 6) is 0.869. The summed E-state index contributed by atoms with van der Waals surface area (Å²) in [6.45, 7) is 4.00. The zero-order valence-electron chi connectivity index (χ0n) is 16.6. The second kappa shape index (κ2) is 9.27. The van der Waals surface area contributed by atoms with Crippen LogP contribution in [0.3, 0.4) is 0 Å². The van der Waals surface area contributed by atoms with Crippen LogP contribution in [-0.2, 0) is 16.0 Å². The highest BCUT2D eigenvalue weighted by Crippen LogP contribution is 2.33. The van der Waals surface area contributed by atoms with Crippen LogP contribution >= 0.6 is 15.9 Å². The van der Waals surface area contributed by atoms with E-state index < -0.39 is 11.6 Å². The van der Waals surface area contributed by atoms with Crippen molar-refractivity contribution in [3.05, 3.63) is 22.2 Å². The van der Waals surface area contributed by atoms with Gasteiger partial charge in [-0.25, -0.2) is 4.79 Å². The van der Waals surface area contributed by atoms with E-state index in [4.69, 9.17) is 9.47 Å². The van der Waals surface area contributed by atoms with Crippen molar-refractivity contribution in [1.82, 2.24) is 15.5 Å². The number of methoxy groups -OCH3 is 2. The molecule has 1 aromatic rings. The van der Waals surface area contributed by atoms with Crippen LogP contribution in [0.15, 0.2) is 16.6 Å². The van der Waals surface area contributed by atoms with Crippen molar-refractivity contribution in [2.75, 3.05) is 27.3 Å². The molecular formula is C19H26BrN3O5. The maximum atomic E-state index is 12.1. The normalized spacial score (nSPS) is 15.4. The number of nitrogens with one attached hydrogen (secondary N) is 2. The first-order valence-electron chi connectivity index (χ1n) is 9.00. The molecule has 0 aromatic heterocycles. The maximum Gasteiger partial charge on any atom is 0.325 e. The van der Waals surface area contributed by atoms with Gasteiger partial charge in [-0.3, -0.25) is 14.5 Å². The Hall–Kier alpha value is -2.29. The molecule has 0 aliphatic carbocycles. The molecule has 0 unspecified atom stereocenters. The van der Waals surface area contributed by atoms with Gasteiger partial charge in [0.25, 0.3) is 5.91 Å². The molecule has 8 nitrogen and oxygen atoms in total.